The zero-order valence-electron chi connectivity index (χ0n) is 11.8. The normalized spacial score (nSPS) is 12.4. The second-order valence-corrected chi connectivity index (χ2v) is 5.41. The number of hydrogen-bond donors (Lipinski definition) is 1. The van der Waals surface area contributed by atoms with Crippen molar-refractivity contribution in [1.29, 1.82) is 0 Å². The molecule has 0 fully saturated rings. The Bertz CT molecular complexity index is 525. The third-order valence-corrected chi connectivity index (χ3v) is 3.95. The van der Waals surface area contributed by atoms with Crippen molar-refractivity contribution in [3.8, 4) is 0 Å². The Morgan fingerprint density at radius 3 is 2.58 bits per heavy atom. The number of carbonyl (C=O) groups is 1. The minimum absolute atomic E-state index is 0.0585. The van der Waals surface area contributed by atoms with E-state index in [-0.39, 0.29) is 18.2 Å². The quantitative estimate of drug-likeness (QED) is 0.862. The number of hydrogen-bond acceptors (Lipinski definition) is 4. The Kier molecular flexibility index (Phi) is 5.60. The maximum Gasteiger partial charge on any atom is 0.348 e. The lowest BCUT2D eigenvalue weighted by atomic mass is 10.1. The minimum atomic E-state index is -0.906. The SMILES string of the molecule is CCC(CSC)n1c(C)c(CC(=O)O)c(C)nc1=O. The van der Waals surface area contributed by atoms with Crippen LogP contribution in [0.2, 0.25) is 0 Å². The minimum Gasteiger partial charge on any atom is -0.481 e. The molecule has 0 amide bonds. The fourth-order valence-corrected chi connectivity index (χ4v) is 2.99. The van der Waals surface area contributed by atoms with Gasteiger partial charge in [-0.05, 0) is 26.5 Å². The largest absolute Gasteiger partial charge is 0.481 e. The second-order valence-electron chi connectivity index (χ2n) is 4.50. The van der Waals surface area contributed by atoms with E-state index in [2.05, 4.69) is 4.98 Å². The van der Waals surface area contributed by atoms with E-state index in [1.807, 2.05) is 13.2 Å². The van der Waals surface area contributed by atoms with Gasteiger partial charge in [0.05, 0.1) is 6.42 Å². The molecule has 0 aliphatic heterocycles. The van der Waals surface area contributed by atoms with Gasteiger partial charge >= 0.3 is 11.7 Å². The molecule has 0 saturated heterocycles. The first-order valence-electron chi connectivity index (χ1n) is 6.21. The highest BCUT2D eigenvalue weighted by Gasteiger charge is 2.18. The van der Waals surface area contributed by atoms with Crippen molar-refractivity contribution in [3.05, 3.63) is 27.4 Å². The fourth-order valence-electron chi connectivity index (χ4n) is 2.22. The molecule has 1 unspecified atom stereocenters. The van der Waals surface area contributed by atoms with E-state index in [0.717, 1.165) is 17.9 Å². The molecule has 0 aromatic carbocycles. The molecule has 0 spiro atoms. The molecule has 0 radical (unpaired) electrons. The van der Waals surface area contributed by atoms with E-state index < -0.39 is 5.97 Å². The summed E-state index contributed by atoms with van der Waals surface area (Å²) >= 11 is 1.67. The molecule has 106 valence electrons. The van der Waals surface area contributed by atoms with E-state index in [1.54, 1.807) is 30.2 Å². The van der Waals surface area contributed by atoms with Crippen molar-refractivity contribution in [3.63, 3.8) is 0 Å². The van der Waals surface area contributed by atoms with E-state index in [0.29, 0.717) is 11.3 Å². The molecule has 1 rings (SSSR count). The van der Waals surface area contributed by atoms with Crippen LogP contribution >= 0.6 is 11.8 Å². The van der Waals surface area contributed by atoms with E-state index in [9.17, 15) is 9.59 Å². The molecule has 0 saturated carbocycles. The molecule has 1 aromatic rings. The molecule has 6 heteroatoms. The lowest BCUT2D eigenvalue weighted by Crippen LogP contribution is -2.32. The molecule has 0 aliphatic carbocycles. The Morgan fingerprint density at radius 2 is 2.11 bits per heavy atom. The second kappa shape index (κ2) is 6.75. The van der Waals surface area contributed by atoms with E-state index >= 15 is 0 Å². The van der Waals surface area contributed by atoms with Crippen LogP contribution < -0.4 is 5.69 Å². The first kappa shape index (κ1) is 15.8. The van der Waals surface area contributed by atoms with Crippen molar-refractivity contribution >= 4 is 17.7 Å². The van der Waals surface area contributed by atoms with Gasteiger partial charge in [0.1, 0.15) is 0 Å². The van der Waals surface area contributed by atoms with Crippen LogP contribution in [0, 0.1) is 13.8 Å². The Labute approximate surface area is 117 Å². The molecular formula is C13H20N2O3S. The molecule has 1 N–H and O–H groups in total. The maximum atomic E-state index is 12.1. The van der Waals surface area contributed by atoms with Crippen molar-refractivity contribution in [2.75, 3.05) is 12.0 Å². The first-order valence-corrected chi connectivity index (χ1v) is 7.61. The Balaban J connectivity index is 3.39. The lowest BCUT2D eigenvalue weighted by molar-refractivity contribution is -0.136. The van der Waals surface area contributed by atoms with Gasteiger partial charge in [-0.2, -0.15) is 16.7 Å². The van der Waals surface area contributed by atoms with Crippen LogP contribution in [-0.4, -0.2) is 32.6 Å². The molecule has 1 atom stereocenters. The Morgan fingerprint density at radius 1 is 1.47 bits per heavy atom. The van der Waals surface area contributed by atoms with Crippen molar-refractivity contribution in [1.82, 2.24) is 9.55 Å². The molecule has 0 aliphatic rings. The first-order chi connectivity index (χ1) is 8.92. The number of carboxylic acids is 1. The third kappa shape index (κ3) is 3.59. The van der Waals surface area contributed by atoms with Crippen LogP contribution in [0.1, 0.15) is 36.3 Å². The summed E-state index contributed by atoms with van der Waals surface area (Å²) in [5.74, 6) is -0.0924. The number of aliphatic carboxylic acids is 1. The van der Waals surface area contributed by atoms with Gasteiger partial charge in [0.25, 0.3) is 0 Å². The van der Waals surface area contributed by atoms with Gasteiger partial charge < -0.3 is 5.11 Å². The average molecular weight is 284 g/mol. The predicted molar refractivity (Wildman–Crippen MR) is 77.0 cm³/mol. The summed E-state index contributed by atoms with van der Waals surface area (Å²) in [5, 5.41) is 8.96. The number of nitrogens with zero attached hydrogens (tertiary/aromatic N) is 2. The Hall–Kier alpha value is -1.30. The van der Waals surface area contributed by atoms with Crippen LogP contribution in [0.3, 0.4) is 0 Å². The number of thioether (sulfide) groups is 1. The van der Waals surface area contributed by atoms with Gasteiger partial charge in [-0.15, -0.1) is 0 Å². The van der Waals surface area contributed by atoms with Crippen LogP contribution in [0.25, 0.3) is 0 Å². The van der Waals surface area contributed by atoms with Gasteiger partial charge in [-0.3, -0.25) is 9.36 Å². The summed E-state index contributed by atoms with van der Waals surface area (Å²) in [6.07, 6.45) is 2.71. The van der Waals surface area contributed by atoms with Crippen LogP contribution in [0.4, 0.5) is 0 Å². The van der Waals surface area contributed by atoms with Crippen molar-refractivity contribution in [2.45, 2.75) is 39.7 Å². The van der Waals surface area contributed by atoms with Crippen molar-refractivity contribution in [2.24, 2.45) is 0 Å². The van der Waals surface area contributed by atoms with Crippen LogP contribution in [0.15, 0.2) is 4.79 Å². The summed E-state index contributed by atoms with van der Waals surface area (Å²) in [5.41, 5.74) is 1.60. The predicted octanol–water partition coefficient (Wildman–Crippen LogP) is 1.80. The zero-order chi connectivity index (χ0) is 14.6. The standard InChI is InChI=1S/C13H20N2O3S/c1-5-10(7-19-4)15-9(3)11(6-12(16)17)8(2)14-13(15)18/h10H,5-7H2,1-4H3,(H,16,17). The molecule has 1 heterocycles. The number of aryl methyl sites for hydroxylation is 1. The topological polar surface area (TPSA) is 72.2 Å². The molecule has 1 aromatic heterocycles. The average Bonchev–Trinajstić information content (AvgIpc) is 2.32. The summed E-state index contributed by atoms with van der Waals surface area (Å²) < 4.78 is 1.64. The fraction of sp³-hybridized carbons (Fsp3) is 0.615. The highest BCUT2D eigenvalue weighted by Crippen LogP contribution is 2.19. The summed E-state index contributed by atoms with van der Waals surface area (Å²) in [4.78, 5) is 27.0. The number of aromatic nitrogens is 2. The van der Waals surface area contributed by atoms with Gasteiger partial charge in [0, 0.05) is 28.7 Å². The third-order valence-electron chi connectivity index (χ3n) is 3.23. The smallest absolute Gasteiger partial charge is 0.348 e. The van der Waals surface area contributed by atoms with E-state index in [1.165, 1.54) is 0 Å². The van der Waals surface area contributed by atoms with Gasteiger partial charge in [-0.25, -0.2) is 4.79 Å². The van der Waals surface area contributed by atoms with Crippen molar-refractivity contribution < 1.29 is 9.90 Å². The summed E-state index contributed by atoms with van der Waals surface area (Å²) in [7, 11) is 0. The van der Waals surface area contributed by atoms with Crippen LogP contribution in [0.5, 0.6) is 0 Å². The highest BCUT2D eigenvalue weighted by molar-refractivity contribution is 7.98. The number of rotatable bonds is 6. The molecule has 0 bridgehead atoms. The molecular weight excluding hydrogens is 264 g/mol. The zero-order valence-corrected chi connectivity index (χ0v) is 12.6. The number of carboxylic acid groups (broad SMARTS) is 1. The van der Waals surface area contributed by atoms with Gasteiger partial charge in [-0.1, -0.05) is 6.92 Å². The van der Waals surface area contributed by atoms with E-state index in [4.69, 9.17) is 5.11 Å². The maximum absolute atomic E-state index is 12.1. The highest BCUT2D eigenvalue weighted by atomic mass is 32.2. The van der Waals surface area contributed by atoms with Crippen LogP contribution in [-0.2, 0) is 11.2 Å². The van der Waals surface area contributed by atoms with Gasteiger partial charge in [0.15, 0.2) is 0 Å². The van der Waals surface area contributed by atoms with Gasteiger partial charge in [0.2, 0.25) is 0 Å². The summed E-state index contributed by atoms with van der Waals surface area (Å²) in [6, 6.07) is 0.0585. The summed E-state index contributed by atoms with van der Waals surface area (Å²) in [6.45, 7) is 5.51. The molecule has 19 heavy (non-hydrogen) atoms. The lowest BCUT2D eigenvalue weighted by Gasteiger charge is -2.22. The molecule has 5 nitrogen and oxygen atoms in total. The monoisotopic (exact) mass is 284 g/mol.